The maximum absolute atomic E-state index is 10.9. The van der Waals surface area contributed by atoms with Crippen LogP contribution in [0.2, 0.25) is 5.02 Å². The summed E-state index contributed by atoms with van der Waals surface area (Å²) in [6.07, 6.45) is 2.54. The first-order chi connectivity index (χ1) is 6.24. The van der Waals surface area contributed by atoms with Crippen molar-refractivity contribution in [1.82, 2.24) is 5.32 Å². The van der Waals surface area contributed by atoms with Crippen molar-refractivity contribution in [3.05, 3.63) is 21.3 Å². The molecule has 1 unspecified atom stereocenters. The monoisotopic (exact) mass is 215 g/mol. The number of halogens is 1. The molecule has 4 heteroatoms. The number of carbonyl (C=O) groups excluding carboxylic acids is 1. The fourth-order valence-corrected chi connectivity index (χ4v) is 2.69. The molecule has 1 aliphatic rings. The Labute approximate surface area is 85.9 Å². The largest absolute Gasteiger partial charge is 0.353 e. The van der Waals surface area contributed by atoms with Gasteiger partial charge in [0, 0.05) is 29.1 Å². The molecule has 1 aromatic rings. The van der Waals surface area contributed by atoms with Crippen LogP contribution >= 0.6 is 22.9 Å². The third-order valence-corrected chi connectivity index (χ3v) is 3.46. The van der Waals surface area contributed by atoms with Gasteiger partial charge in [0.1, 0.15) is 0 Å². The standard InChI is InChI=1S/C9H10ClNOS/c10-6-3-8(13-5-6)4-7-1-2-9(12)11-7/h3,5,7H,1-2,4H2,(H,11,12). The molecule has 0 bridgehead atoms. The van der Waals surface area contributed by atoms with Crippen LogP contribution in [0.3, 0.4) is 0 Å². The van der Waals surface area contributed by atoms with Gasteiger partial charge < -0.3 is 5.32 Å². The topological polar surface area (TPSA) is 29.1 Å². The van der Waals surface area contributed by atoms with Crippen molar-refractivity contribution in [3.63, 3.8) is 0 Å². The van der Waals surface area contributed by atoms with Crippen LogP contribution in [0.15, 0.2) is 11.4 Å². The van der Waals surface area contributed by atoms with Gasteiger partial charge >= 0.3 is 0 Å². The minimum absolute atomic E-state index is 0.174. The van der Waals surface area contributed by atoms with E-state index in [4.69, 9.17) is 11.6 Å². The van der Waals surface area contributed by atoms with Crippen LogP contribution in [0, 0.1) is 0 Å². The highest BCUT2D eigenvalue weighted by Gasteiger charge is 2.21. The highest BCUT2D eigenvalue weighted by atomic mass is 35.5. The average Bonchev–Trinajstić information content (AvgIpc) is 2.62. The van der Waals surface area contributed by atoms with Crippen molar-refractivity contribution < 1.29 is 4.79 Å². The number of thiophene rings is 1. The van der Waals surface area contributed by atoms with Gasteiger partial charge in [0.2, 0.25) is 5.91 Å². The zero-order valence-electron chi connectivity index (χ0n) is 7.05. The molecule has 0 saturated carbocycles. The van der Waals surface area contributed by atoms with Crippen LogP contribution in [0.4, 0.5) is 0 Å². The van der Waals surface area contributed by atoms with Crippen LogP contribution in [-0.4, -0.2) is 11.9 Å². The van der Waals surface area contributed by atoms with Gasteiger partial charge in [-0.2, -0.15) is 0 Å². The van der Waals surface area contributed by atoms with E-state index in [-0.39, 0.29) is 5.91 Å². The van der Waals surface area contributed by atoms with E-state index in [2.05, 4.69) is 5.32 Å². The zero-order chi connectivity index (χ0) is 9.26. The maximum atomic E-state index is 10.9. The molecule has 0 radical (unpaired) electrons. The summed E-state index contributed by atoms with van der Waals surface area (Å²) in [6.45, 7) is 0. The molecule has 2 rings (SSSR count). The minimum Gasteiger partial charge on any atom is -0.353 e. The molecule has 2 nitrogen and oxygen atoms in total. The summed E-state index contributed by atoms with van der Waals surface area (Å²) >= 11 is 7.45. The van der Waals surface area contributed by atoms with Gasteiger partial charge in [0.05, 0.1) is 5.02 Å². The Morgan fingerprint density at radius 2 is 2.54 bits per heavy atom. The lowest BCUT2D eigenvalue weighted by Gasteiger charge is -2.06. The van der Waals surface area contributed by atoms with E-state index in [9.17, 15) is 4.79 Å². The van der Waals surface area contributed by atoms with E-state index in [0.29, 0.717) is 12.5 Å². The predicted octanol–water partition coefficient (Wildman–Crippen LogP) is 2.22. The second kappa shape index (κ2) is 3.68. The lowest BCUT2D eigenvalue weighted by Crippen LogP contribution is -2.26. The highest BCUT2D eigenvalue weighted by molar-refractivity contribution is 7.10. The molecule has 70 valence electrons. The van der Waals surface area contributed by atoms with Gasteiger partial charge in [0.25, 0.3) is 0 Å². The lowest BCUT2D eigenvalue weighted by molar-refractivity contribution is -0.119. The minimum atomic E-state index is 0.174. The number of amides is 1. The molecule has 0 spiro atoms. The molecular formula is C9H10ClNOS. The van der Waals surface area contributed by atoms with Gasteiger partial charge in [-0.25, -0.2) is 0 Å². The average molecular weight is 216 g/mol. The zero-order valence-corrected chi connectivity index (χ0v) is 8.62. The van der Waals surface area contributed by atoms with E-state index < -0.39 is 0 Å². The molecule has 1 N–H and O–H groups in total. The quantitative estimate of drug-likeness (QED) is 0.806. The van der Waals surface area contributed by atoms with E-state index in [1.165, 1.54) is 4.88 Å². The number of nitrogens with one attached hydrogen (secondary N) is 1. The first-order valence-corrected chi connectivity index (χ1v) is 5.52. The van der Waals surface area contributed by atoms with E-state index in [1.807, 2.05) is 11.4 Å². The lowest BCUT2D eigenvalue weighted by atomic mass is 10.1. The second-order valence-electron chi connectivity index (χ2n) is 3.24. The van der Waals surface area contributed by atoms with Crippen molar-refractivity contribution in [2.75, 3.05) is 0 Å². The predicted molar refractivity (Wildman–Crippen MR) is 54.2 cm³/mol. The summed E-state index contributed by atoms with van der Waals surface area (Å²) in [5.74, 6) is 0.174. The summed E-state index contributed by atoms with van der Waals surface area (Å²) in [4.78, 5) is 12.2. The van der Waals surface area contributed by atoms with Gasteiger partial charge in [0.15, 0.2) is 0 Å². The molecule has 0 aliphatic carbocycles. The maximum Gasteiger partial charge on any atom is 0.220 e. The molecule has 13 heavy (non-hydrogen) atoms. The Morgan fingerprint density at radius 1 is 1.69 bits per heavy atom. The Morgan fingerprint density at radius 3 is 3.08 bits per heavy atom. The van der Waals surface area contributed by atoms with Crippen molar-refractivity contribution >= 4 is 28.8 Å². The number of carbonyl (C=O) groups is 1. The summed E-state index contributed by atoms with van der Waals surface area (Å²) in [5, 5.41) is 5.66. The van der Waals surface area contributed by atoms with Gasteiger partial charge in [-0.15, -0.1) is 11.3 Å². The van der Waals surface area contributed by atoms with Gasteiger partial charge in [-0.05, 0) is 12.5 Å². The third-order valence-electron chi connectivity index (χ3n) is 2.15. The number of hydrogen-bond donors (Lipinski definition) is 1. The Hall–Kier alpha value is -0.540. The SMILES string of the molecule is O=C1CCC(Cc2cc(Cl)cs2)N1. The molecule has 1 fully saturated rings. The molecule has 1 aliphatic heterocycles. The fourth-order valence-electron chi connectivity index (χ4n) is 1.53. The molecule has 0 aromatic carbocycles. The highest BCUT2D eigenvalue weighted by Crippen LogP contribution is 2.22. The van der Waals surface area contributed by atoms with E-state index in [1.54, 1.807) is 11.3 Å². The normalized spacial score (nSPS) is 21.9. The first kappa shape index (κ1) is 9.03. The summed E-state index contributed by atoms with van der Waals surface area (Å²) < 4.78 is 0. The number of hydrogen-bond acceptors (Lipinski definition) is 2. The van der Waals surface area contributed by atoms with Crippen molar-refractivity contribution in [2.45, 2.75) is 25.3 Å². The van der Waals surface area contributed by atoms with Crippen molar-refractivity contribution in [2.24, 2.45) is 0 Å². The smallest absolute Gasteiger partial charge is 0.220 e. The van der Waals surface area contributed by atoms with Crippen LogP contribution < -0.4 is 5.32 Å². The first-order valence-electron chi connectivity index (χ1n) is 4.26. The van der Waals surface area contributed by atoms with Crippen LogP contribution in [0.1, 0.15) is 17.7 Å². The number of rotatable bonds is 2. The van der Waals surface area contributed by atoms with Crippen LogP contribution in [0.5, 0.6) is 0 Å². The Balaban J connectivity index is 1.95. The van der Waals surface area contributed by atoms with E-state index in [0.717, 1.165) is 17.9 Å². The summed E-state index contributed by atoms with van der Waals surface area (Å²) in [7, 11) is 0. The van der Waals surface area contributed by atoms with Crippen LogP contribution in [-0.2, 0) is 11.2 Å². The Kier molecular flexibility index (Phi) is 2.56. The second-order valence-corrected chi connectivity index (χ2v) is 4.67. The summed E-state index contributed by atoms with van der Waals surface area (Å²) in [5.41, 5.74) is 0. The van der Waals surface area contributed by atoms with Crippen molar-refractivity contribution in [3.8, 4) is 0 Å². The van der Waals surface area contributed by atoms with Crippen molar-refractivity contribution in [1.29, 1.82) is 0 Å². The van der Waals surface area contributed by atoms with Gasteiger partial charge in [-0.1, -0.05) is 11.6 Å². The fraction of sp³-hybridized carbons (Fsp3) is 0.444. The molecular weight excluding hydrogens is 206 g/mol. The molecule has 1 amide bonds. The molecule has 1 atom stereocenters. The molecule has 1 aromatic heterocycles. The van der Waals surface area contributed by atoms with E-state index >= 15 is 0 Å². The van der Waals surface area contributed by atoms with Gasteiger partial charge in [-0.3, -0.25) is 4.79 Å². The third kappa shape index (κ3) is 2.23. The summed E-state index contributed by atoms with van der Waals surface area (Å²) in [6, 6.07) is 2.29. The Bertz CT molecular complexity index is 323. The molecule has 2 heterocycles. The molecule has 1 saturated heterocycles. The van der Waals surface area contributed by atoms with Crippen LogP contribution in [0.25, 0.3) is 0 Å².